The summed E-state index contributed by atoms with van der Waals surface area (Å²) in [6.45, 7) is 5.21. The third kappa shape index (κ3) is 1.69. The molecule has 3 atom stereocenters. The van der Waals surface area contributed by atoms with Crippen LogP contribution in [0.25, 0.3) is 0 Å². The minimum Gasteiger partial charge on any atom is -0.387 e. The lowest BCUT2D eigenvalue weighted by molar-refractivity contribution is 0.137. The van der Waals surface area contributed by atoms with Crippen molar-refractivity contribution in [1.29, 1.82) is 0 Å². The van der Waals surface area contributed by atoms with Crippen molar-refractivity contribution < 1.29 is 5.11 Å². The predicted molar refractivity (Wildman–Crippen MR) is 54.7 cm³/mol. The minimum atomic E-state index is -0.306. The average molecular weight is 194 g/mol. The zero-order valence-corrected chi connectivity index (χ0v) is 8.85. The van der Waals surface area contributed by atoms with E-state index in [0.29, 0.717) is 11.8 Å². The van der Waals surface area contributed by atoms with Crippen LogP contribution in [0, 0.1) is 11.8 Å². The van der Waals surface area contributed by atoms with E-state index in [1.807, 2.05) is 10.7 Å². The second kappa shape index (κ2) is 3.73. The van der Waals surface area contributed by atoms with Crippen molar-refractivity contribution in [2.75, 3.05) is 0 Å². The summed E-state index contributed by atoms with van der Waals surface area (Å²) in [5.74, 6) is 1.14. The molecule has 2 rings (SSSR count). The normalized spacial score (nSPS) is 27.6. The molecule has 1 aliphatic carbocycles. The van der Waals surface area contributed by atoms with Crippen LogP contribution >= 0.6 is 0 Å². The number of aromatic nitrogens is 2. The van der Waals surface area contributed by atoms with E-state index in [9.17, 15) is 5.11 Å². The minimum absolute atomic E-state index is 0.306. The van der Waals surface area contributed by atoms with Gasteiger partial charge in [-0.3, -0.25) is 4.68 Å². The Hall–Kier alpha value is -0.830. The second-order valence-corrected chi connectivity index (χ2v) is 4.30. The van der Waals surface area contributed by atoms with Crippen LogP contribution in [0.5, 0.6) is 0 Å². The Labute approximate surface area is 84.7 Å². The first kappa shape index (κ1) is 9.71. The summed E-state index contributed by atoms with van der Waals surface area (Å²) in [5.41, 5.74) is 0.987. The maximum Gasteiger partial charge on any atom is 0.0987 e. The third-order valence-electron chi connectivity index (χ3n) is 3.07. The number of aliphatic hydroxyl groups excluding tert-OH is 1. The molecular formula is C11H18N2O. The van der Waals surface area contributed by atoms with Gasteiger partial charge >= 0.3 is 0 Å². The predicted octanol–water partition coefficient (Wildman–Crippen LogP) is 1.98. The van der Waals surface area contributed by atoms with Crippen LogP contribution < -0.4 is 0 Å². The largest absolute Gasteiger partial charge is 0.387 e. The molecule has 0 saturated heterocycles. The van der Waals surface area contributed by atoms with Crippen LogP contribution in [0.2, 0.25) is 0 Å². The Kier molecular flexibility index (Phi) is 2.59. The SMILES string of the molecule is CCCn1nccc1C(O)C1CC1C. The number of aryl methyl sites for hydroxylation is 1. The maximum absolute atomic E-state index is 10.1. The van der Waals surface area contributed by atoms with Gasteiger partial charge in [0.05, 0.1) is 11.8 Å². The first-order valence-electron chi connectivity index (χ1n) is 5.43. The summed E-state index contributed by atoms with van der Waals surface area (Å²) >= 11 is 0. The van der Waals surface area contributed by atoms with Gasteiger partial charge in [0.25, 0.3) is 0 Å². The van der Waals surface area contributed by atoms with Gasteiger partial charge in [0.15, 0.2) is 0 Å². The lowest BCUT2D eigenvalue weighted by Crippen LogP contribution is -2.10. The van der Waals surface area contributed by atoms with E-state index in [2.05, 4.69) is 18.9 Å². The van der Waals surface area contributed by atoms with Crippen molar-refractivity contribution in [2.45, 2.75) is 39.3 Å². The van der Waals surface area contributed by atoms with Gasteiger partial charge in [-0.15, -0.1) is 0 Å². The molecule has 1 N–H and O–H groups in total. The van der Waals surface area contributed by atoms with Crippen molar-refractivity contribution in [3.8, 4) is 0 Å². The number of aliphatic hydroxyl groups is 1. The van der Waals surface area contributed by atoms with Gasteiger partial charge in [-0.25, -0.2) is 0 Å². The molecule has 1 aliphatic rings. The lowest BCUT2D eigenvalue weighted by Gasteiger charge is -2.12. The van der Waals surface area contributed by atoms with Gasteiger partial charge < -0.3 is 5.11 Å². The second-order valence-electron chi connectivity index (χ2n) is 4.30. The summed E-state index contributed by atoms with van der Waals surface area (Å²) in [6.07, 6.45) is 3.68. The Morgan fingerprint density at radius 3 is 3.00 bits per heavy atom. The number of hydrogen-bond donors (Lipinski definition) is 1. The van der Waals surface area contributed by atoms with Gasteiger partial charge in [-0.2, -0.15) is 5.10 Å². The number of hydrogen-bond acceptors (Lipinski definition) is 2. The fourth-order valence-corrected chi connectivity index (χ4v) is 2.00. The topological polar surface area (TPSA) is 38.0 Å². The monoisotopic (exact) mass is 194 g/mol. The van der Waals surface area contributed by atoms with Crippen molar-refractivity contribution in [3.63, 3.8) is 0 Å². The van der Waals surface area contributed by atoms with E-state index in [-0.39, 0.29) is 6.10 Å². The van der Waals surface area contributed by atoms with Crippen LogP contribution in [0.3, 0.4) is 0 Å². The molecule has 0 aromatic carbocycles. The Bertz CT molecular complexity index is 308. The van der Waals surface area contributed by atoms with Gasteiger partial charge in [0.2, 0.25) is 0 Å². The highest BCUT2D eigenvalue weighted by atomic mass is 16.3. The van der Waals surface area contributed by atoms with Gasteiger partial charge in [-0.1, -0.05) is 13.8 Å². The van der Waals surface area contributed by atoms with Crippen LogP contribution in [0.15, 0.2) is 12.3 Å². The van der Waals surface area contributed by atoms with Crippen LogP contribution in [-0.4, -0.2) is 14.9 Å². The quantitative estimate of drug-likeness (QED) is 0.796. The molecule has 14 heavy (non-hydrogen) atoms. The Balaban J connectivity index is 2.10. The van der Waals surface area contributed by atoms with Crippen molar-refractivity contribution >= 4 is 0 Å². The van der Waals surface area contributed by atoms with Crippen LogP contribution in [0.4, 0.5) is 0 Å². The maximum atomic E-state index is 10.1. The molecule has 1 fully saturated rings. The summed E-state index contributed by atoms with van der Waals surface area (Å²) in [4.78, 5) is 0. The van der Waals surface area contributed by atoms with Gasteiger partial charge in [0, 0.05) is 12.7 Å². The molecule has 0 aliphatic heterocycles. The van der Waals surface area contributed by atoms with E-state index in [4.69, 9.17) is 0 Å². The third-order valence-corrected chi connectivity index (χ3v) is 3.07. The van der Waals surface area contributed by atoms with E-state index in [1.54, 1.807) is 6.20 Å². The molecule has 1 aromatic heterocycles. The lowest BCUT2D eigenvalue weighted by atomic mass is 10.1. The molecular weight excluding hydrogens is 176 g/mol. The van der Waals surface area contributed by atoms with Crippen LogP contribution in [-0.2, 0) is 6.54 Å². The van der Waals surface area contributed by atoms with Crippen LogP contribution in [0.1, 0.15) is 38.5 Å². The zero-order chi connectivity index (χ0) is 10.1. The van der Waals surface area contributed by atoms with Gasteiger partial charge in [0.1, 0.15) is 0 Å². The molecule has 0 radical (unpaired) electrons. The fraction of sp³-hybridized carbons (Fsp3) is 0.727. The molecule has 3 heteroatoms. The summed E-state index contributed by atoms with van der Waals surface area (Å²) in [6, 6.07) is 1.94. The van der Waals surface area contributed by atoms with Crippen molar-refractivity contribution in [3.05, 3.63) is 18.0 Å². The average Bonchev–Trinajstić information content (AvgIpc) is 2.72. The molecule has 1 saturated carbocycles. The Morgan fingerprint density at radius 1 is 1.71 bits per heavy atom. The highest BCUT2D eigenvalue weighted by Crippen LogP contribution is 2.46. The number of rotatable bonds is 4. The van der Waals surface area contributed by atoms with Crippen molar-refractivity contribution in [2.24, 2.45) is 11.8 Å². The molecule has 3 nitrogen and oxygen atoms in total. The first-order chi connectivity index (χ1) is 6.74. The molecule has 1 heterocycles. The summed E-state index contributed by atoms with van der Waals surface area (Å²) in [5, 5.41) is 14.3. The molecule has 1 aromatic rings. The highest BCUT2D eigenvalue weighted by molar-refractivity contribution is 5.09. The van der Waals surface area contributed by atoms with Gasteiger partial charge in [-0.05, 0) is 30.7 Å². The van der Waals surface area contributed by atoms with E-state index in [1.165, 1.54) is 0 Å². The smallest absolute Gasteiger partial charge is 0.0987 e. The Morgan fingerprint density at radius 2 is 2.43 bits per heavy atom. The molecule has 3 unspecified atom stereocenters. The van der Waals surface area contributed by atoms with E-state index >= 15 is 0 Å². The summed E-state index contributed by atoms with van der Waals surface area (Å²) in [7, 11) is 0. The molecule has 0 bridgehead atoms. The standard InChI is InChI=1S/C11H18N2O/c1-3-6-13-10(4-5-12-13)11(14)9-7-8(9)2/h4-5,8-9,11,14H,3,6-7H2,1-2H3. The first-order valence-corrected chi connectivity index (χ1v) is 5.43. The highest BCUT2D eigenvalue weighted by Gasteiger charge is 2.40. The number of nitrogens with zero attached hydrogens (tertiary/aromatic N) is 2. The summed E-state index contributed by atoms with van der Waals surface area (Å²) < 4.78 is 1.93. The van der Waals surface area contributed by atoms with E-state index in [0.717, 1.165) is 25.1 Å². The fourth-order valence-electron chi connectivity index (χ4n) is 2.00. The zero-order valence-electron chi connectivity index (χ0n) is 8.85. The molecule has 78 valence electrons. The molecule has 0 spiro atoms. The van der Waals surface area contributed by atoms with Crippen molar-refractivity contribution in [1.82, 2.24) is 9.78 Å². The molecule has 0 amide bonds. The van der Waals surface area contributed by atoms with E-state index < -0.39 is 0 Å².